The highest BCUT2D eigenvalue weighted by Gasteiger charge is 2.67. The number of anilines is 3. The summed E-state index contributed by atoms with van der Waals surface area (Å²) in [5, 5.41) is 19.0. The normalized spacial score (nSPS) is 16.6. The number of benzene rings is 4. The first-order chi connectivity index (χ1) is 20.5. The Morgan fingerprint density at radius 2 is 1.53 bits per heavy atom. The van der Waals surface area contributed by atoms with E-state index in [9.17, 15) is 9.59 Å². The standard InChI is InChI=1S/C32H23Cl5N4O2/c1-17-10-23(39-16-19-4-2-18(15-38)3-5-19)7-9-27(17)41-30(42)25-14-24(6-8-26(25)35)40-31(43)29-28(32(29,36)37)20-11-21(33)13-22(34)12-20/h2-14,28-29,39H,16H2,1H3,(H,40,43)(H,41,42). The zero-order valence-corrected chi connectivity index (χ0v) is 26.3. The lowest BCUT2D eigenvalue weighted by Gasteiger charge is -2.13. The molecule has 0 aromatic heterocycles. The lowest BCUT2D eigenvalue weighted by molar-refractivity contribution is -0.117. The maximum Gasteiger partial charge on any atom is 0.257 e. The number of aryl methyl sites for hydroxylation is 1. The summed E-state index contributed by atoms with van der Waals surface area (Å²) < 4.78 is -1.34. The second-order valence-electron chi connectivity index (χ2n) is 10.2. The minimum absolute atomic E-state index is 0.180. The minimum atomic E-state index is -1.34. The molecule has 1 saturated carbocycles. The fraction of sp³-hybridized carbons (Fsp3) is 0.156. The Morgan fingerprint density at radius 3 is 2.19 bits per heavy atom. The van der Waals surface area contributed by atoms with Gasteiger partial charge in [0.25, 0.3) is 5.91 Å². The van der Waals surface area contributed by atoms with Crippen molar-refractivity contribution >= 4 is 86.9 Å². The first-order valence-corrected chi connectivity index (χ1v) is 14.9. The Bertz CT molecular complexity index is 1750. The molecule has 0 bridgehead atoms. The van der Waals surface area contributed by atoms with Crippen LogP contribution in [0.15, 0.2) is 78.9 Å². The van der Waals surface area contributed by atoms with Crippen molar-refractivity contribution in [3.63, 3.8) is 0 Å². The number of halogens is 5. The van der Waals surface area contributed by atoms with E-state index in [1.807, 2.05) is 31.2 Å². The van der Waals surface area contributed by atoms with Crippen LogP contribution in [-0.2, 0) is 11.3 Å². The van der Waals surface area contributed by atoms with Crippen LogP contribution in [0.2, 0.25) is 15.1 Å². The molecular weight excluding hydrogens is 650 g/mol. The maximum absolute atomic E-state index is 13.2. The van der Waals surface area contributed by atoms with Gasteiger partial charge in [0.05, 0.1) is 28.1 Å². The first kappa shape index (κ1) is 31.0. The smallest absolute Gasteiger partial charge is 0.257 e. The van der Waals surface area contributed by atoms with Crippen molar-refractivity contribution in [2.75, 3.05) is 16.0 Å². The summed E-state index contributed by atoms with van der Waals surface area (Å²) in [7, 11) is 0. The molecule has 1 aliphatic rings. The van der Waals surface area contributed by atoms with Crippen LogP contribution >= 0.6 is 58.0 Å². The summed E-state index contributed by atoms with van der Waals surface area (Å²) >= 11 is 31.6. The Kier molecular flexibility index (Phi) is 9.12. The number of rotatable bonds is 8. The summed E-state index contributed by atoms with van der Waals surface area (Å²) in [5.74, 6) is -2.12. The van der Waals surface area contributed by atoms with Crippen LogP contribution in [0.5, 0.6) is 0 Å². The molecule has 1 fully saturated rings. The summed E-state index contributed by atoms with van der Waals surface area (Å²) in [4.78, 5) is 26.4. The molecule has 11 heteroatoms. The van der Waals surface area contributed by atoms with E-state index in [2.05, 4.69) is 22.0 Å². The molecule has 2 atom stereocenters. The largest absolute Gasteiger partial charge is 0.381 e. The molecule has 0 radical (unpaired) electrons. The molecule has 1 aliphatic carbocycles. The Morgan fingerprint density at radius 1 is 0.860 bits per heavy atom. The lowest BCUT2D eigenvalue weighted by atomic mass is 10.1. The van der Waals surface area contributed by atoms with E-state index in [0.29, 0.717) is 39.1 Å². The van der Waals surface area contributed by atoms with Crippen molar-refractivity contribution in [3.8, 4) is 6.07 Å². The highest BCUT2D eigenvalue weighted by Crippen LogP contribution is 2.65. The van der Waals surface area contributed by atoms with Gasteiger partial charge in [0.1, 0.15) is 4.33 Å². The summed E-state index contributed by atoms with van der Waals surface area (Å²) in [6.45, 7) is 2.46. The zero-order valence-electron chi connectivity index (χ0n) is 22.5. The van der Waals surface area contributed by atoms with Gasteiger partial charge in [-0.2, -0.15) is 5.26 Å². The molecule has 218 valence electrons. The number of nitrogens with zero attached hydrogens (tertiary/aromatic N) is 1. The molecule has 43 heavy (non-hydrogen) atoms. The average molecular weight is 673 g/mol. The number of carbonyl (C=O) groups excluding carboxylic acids is 2. The van der Waals surface area contributed by atoms with Crippen LogP contribution in [0.1, 0.15) is 38.5 Å². The van der Waals surface area contributed by atoms with Crippen LogP contribution in [0.3, 0.4) is 0 Å². The Labute approximate surface area is 273 Å². The number of hydrogen-bond acceptors (Lipinski definition) is 4. The predicted molar refractivity (Wildman–Crippen MR) is 175 cm³/mol. The molecule has 5 rings (SSSR count). The number of nitriles is 1. The van der Waals surface area contributed by atoms with E-state index >= 15 is 0 Å². The van der Waals surface area contributed by atoms with E-state index in [4.69, 9.17) is 63.3 Å². The second kappa shape index (κ2) is 12.7. The van der Waals surface area contributed by atoms with Crippen LogP contribution in [0.25, 0.3) is 0 Å². The van der Waals surface area contributed by atoms with Crippen molar-refractivity contribution < 1.29 is 9.59 Å². The van der Waals surface area contributed by atoms with E-state index in [-0.39, 0.29) is 10.6 Å². The predicted octanol–water partition coefficient (Wildman–Crippen LogP) is 9.22. The van der Waals surface area contributed by atoms with Crippen LogP contribution in [-0.4, -0.2) is 16.1 Å². The lowest BCUT2D eigenvalue weighted by Crippen LogP contribution is -2.18. The van der Waals surface area contributed by atoms with Crippen LogP contribution < -0.4 is 16.0 Å². The molecule has 2 amide bonds. The van der Waals surface area contributed by atoms with Gasteiger partial charge >= 0.3 is 0 Å². The zero-order chi connectivity index (χ0) is 30.9. The van der Waals surface area contributed by atoms with Gasteiger partial charge in [0.15, 0.2) is 0 Å². The third kappa shape index (κ3) is 7.04. The van der Waals surface area contributed by atoms with Crippen molar-refractivity contribution in [3.05, 3.63) is 122 Å². The number of alkyl halides is 2. The Hall–Kier alpha value is -3.44. The minimum Gasteiger partial charge on any atom is -0.381 e. The molecule has 6 nitrogen and oxygen atoms in total. The summed E-state index contributed by atoms with van der Waals surface area (Å²) in [6, 6.07) is 24.6. The molecule has 0 aliphatic heterocycles. The van der Waals surface area contributed by atoms with E-state index in [1.165, 1.54) is 12.1 Å². The van der Waals surface area contributed by atoms with Crippen molar-refractivity contribution in [2.24, 2.45) is 5.92 Å². The van der Waals surface area contributed by atoms with Gasteiger partial charge < -0.3 is 16.0 Å². The summed E-state index contributed by atoms with van der Waals surface area (Å²) in [6.07, 6.45) is 0. The van der Waals surface area contributed by atoms with Gasteiger partial charge in [-0.15, -0.1) is 23.2 Å². The quantitative estimate of drug-likeness (QED) is 0.163. The van der Waals surface area contributed by atoms with Gasteiger partial charge in [-0.05, 0) is 90.3 Å². The number of amides is 2. The molecular formula is C32H23Cl5N4O2. The SMILES string of the molecule is Cc1cc(NCc2ccc(C#N)cc2)ccc1NC(=O)c1cc(NC(=O)C2C(c3cc(Cl)cc(Cl)c3)C2(Cl)Cl)ccc1Cl. The third-order valence-corrected chi connectivity index (χ3v) is 8.82. The molecule has 4 aromatic rings. The van der Waals surface area contributed by atoms with Crippen molar-refractivity contribution in [1.82, 2.24) is 0 Å². The first-order valence-electron chi connectivity index (χ1n) is 13.1. The molecule has 0 saturated heterocycles. The average Bonchev–Trinajstić information content (AvgIpc) is 3.55. The fourth-order valence-corrected chi connectivity index (χ4v) is 6.40. The topological polar surface area (TPSA) is 94.0 Å². The van der Waals surface area contributed by atoms with Crippen LogP contribution in [0, 0.1) is 24.2 Å². The molecule has 4 aromatic carbocycles. The number of hydrogen-bond donors (Lipinski definition) is 3. The maximum atomic E-state index is 13.2. The molecule has 0 heterocycles. The molecule has 2 unspecified atom stereocenters. The van der Waals surface area contributed by atoms with E-state index in [1.54, 1.807) is 42.5 Å². The van der Waals surface area contributed by atoms with Gasteiger partial charge in [0, 0.05) is 39.6 Å². The van der Waals surface area contributed by atoms with Crippen molar-refractivity contribution in [2.45, 2.75) is 23.7 Å². The highest BCUT2D eigenvalue weighted by molar-refractivity contribution is 6.53. The second-order valence-corrected chi connectivity index (χ2v) is 12.9. The molecule has 0 spiro atoms. The van der Waals surface area contributed by atoms with Gasteiger partial charge in [0.2, 0.25) is 5.91 Å². The number of nitrogens with one attached hydrogen (secondary N) is 3. The van der Waals surface area contributed by atoms with Gasteiger partial charge in [-0.3, -0.25) is 9.59 Å². The van der Waals surface area contributed by atoms with Crippen LogP contribution in [0.4, 0.5) is 17.1 Å². The van der Waals surface area contributed by atoms with Gasteiger partial charge in [-0.25, -0.2) is 0 Å². The fourth-order valence-electron chi connectivity index (χ4n) is 4.82. The molecule has 3 N–H and O–H groups in total. The third-order valence-electron chi connectivity index (χ3n) is 7.11. The summed E-state index contributed by atoms with van der Waals surface area (Å²) in [5.41, 5.74) is 5.15. The van der Waals surface area contributed by atoms with Crippen molar-refractivity contribution in [1.29, 1.82) is 5.26 Å². The van der Waals surface area contributed by atoms with Gasteiger partial charge in [-0.1, -0.05) is 46.9 Å². The monoisotopic (exact) mass is 670 g/mol. The number of carbonyl (C=O) groups is 2. The van der Waals surface area contributed by atoms with E-state index < -0.39 is 28.0 Å². The van der Waals surface area contributed by atoms with E-state index in [0.717, 1.165) is 16.8 Å². The highest BCUT2D eigenvalue weighted by atomic mass is 35.5. The Balaban J connectivity index is 1.24.